The van der Waals surface area contributed by atoms with Crippen molar-refractivity contribution < 1.29 is 9.32 Å². The van der Waals surface area contributed by atoms with Gasteiger partial charge in [0.05, 0.1) is 5.69 Å². The van der Waals surface area contributed by atoms with Gasteiger partial charge in [0.2, 0.25) is 5.91 Å². The summed E-state index contributed by atoms with van der Waals surface area (Å²) in [6.45, 7) is 3.82. The highest BCUT2D eigenvalue weighted by atomic mass is 32.2. The number of thioether (sulfide) groups is 1. The summed E-state index contributed by atoms with van der Waals surface area (Å²) in [5.41, 5.74) is 1.95. The second-order valence-electron chi connectivity index (χ2n) is 6.78. The molecule has 0 saturated heterocycles. The Hall–Kier alpha value is -1.76. The predicted molar refractivity (Wildman–Crippen MR) is 97.5 cm³/mol. The molecule has 2 heterocycles. The second kappa shape index (κ2) is 8.08. The summed E-state index contributed by atoms with van der Waals surface area (Å²) in [6, 6.07) is 0.301. The van der Waals surface area contributed by atoms with E-state index < -0.39 is 0 Å². The van der Waals surface area contributed by atoms with Crippen LogP contribution in [0.15, 0.2) is 22.1 Å². The van der Waals surface area contributed by atoms with E-state index >= 15 is 0 Å². The van der Waals surface area contributed by atoms with Crippen LogP contribution in [0.2, 0.25) is 0 Å². The molecule has 7 heteroatoms. The van der Waals surface area contributed by atoms with Gasteiger partial charge in [-0.05, 0) is 46.0 Å². The van der Waals surface area contributed by atoms with Crippen LogP contribution in [0.3, 0.4) is 0 Å². The van der Waals surface area contributed by atoms with Crippen LogP contribution < -0.4 is 5.32 Å². The molecular formula is C18H26N4O2S. The zero-order valence-electron chi connectivity index (χ0n) is 15.1. The van der Waals surface area contributed by atoms with Crippen LogP contribution in [0.5, 0.6) is 0 Å². The molecule has 1 aliphatic rings. The predicted octanol–water partition coefficient (Wildman–Crippen LogP) is 3.18. The van der Waals surface area contributed by atoms with E-state index in [-0.39, 0.29) is 5.91 Å². The van der Waals surface area contributed by atoms with E-state index in [0.717, 1.165) is 47.9 Å². The van der Waals surface area contributed by atoms with Gasteiger partial charge in [-0.1, -0.05) is 16.9 Å². The van der Waals surface area contributed by atoms with Gasteiger partial charge in [0.1, 0.15) is 5.76 Å². The minimum Gasteiger partial charge on any atom is -0.361 e. The Balaban J connectivity index is 1.40. The molecule has 3 rings (SSSR count). The van der Waals surface area contributed by atoms with Crippen LogP contribution in [0.25, 0.3) is 0 Å². The van der Waals surface area contributed by atoms with Crippen molar-refractivity contribution in [3.8, 4) is 0 Å². The van der Waals surface area contributed by atoms with Crippen LogP contribution >= 0.6 is 11.8 Å². The SMILES string of the molecule is Cc1noc(C)c1CCC(=O)NC1CCC(Sc2nccn2C)CC1. The number of carbonyl (C=O) groups is 1. The van der Waals surface area contributed by atoms with Crippen molar-refractivity contribution in [2.45, 2.75) is 68.8 Å². The van der Waals surface area contributed by atoms with Crippen LogP contribution in [0, 0.1) is 13.8 Å². The van der Waals surface area contributed by atoms with Gasteiger partial charge in [0, 0.05) is 42.7 Å². The highest BCUT2D eigenvalue weighted by Crippen LogP contribution is 2.32. The van der Waals surface area contributed by atoms with Crippen LogP contribution in [-0.4, -0.2) is 31.9 Å². The van der Waals surface area contributed by atoms with E-state index in [9.17, 15) is 4.79 Å². The Kier molecular flexibility index (Phi) is 5.83. The van der Waals surface area contributed by atoms with E-state index in [1.807, 2.05) is 45.1 Å². The van der Waals surface area contributed by atoms with Crippen molar-refractivity contribution >= 4 is 17.7 Å². The lowest BCUT2D eigenvalue weighted by atomic mass is 9.94. The first kappa shape index (κ1) is 18.0. The van der Waals surface area contributed by atoms with Crippen molar-refractivity contribution in [1.29, 1.82) is 0 Å². The normalized spacial score (nSPS) is 20.6. The average Bonchev–Trinajstić information content (AvgIpc) is 3.13. The van der Waals surface area contributed by atoms with Crippen molar-refractivity contribution in [2.75, 3.05) is 0 Å². The van der Waals surface area contributed by atoms with Gasteiger partial charge in [-0.2, -0.15) is 0 Å². The van der Waals surface area contributed by atoms with Gasteiger partial charge >= 0.3 is 0 Å². The van der Waals surface area contributed by atoms with Crippen LogP contribution in [-0.2, 0) is 18.3 Å². The maximum absolute atomic E-state index is 12.2. The first-order valence-corrected chi connectivity index (χ1v) is 9.76. The Morgan fingerprint density at radius 2 is 2.12 bits per heavy atom. The number of hydrogen-bond donors (Lipinski definition) is 1. The summed E-state index contributed by atoms with van der Waals surface area (Å²) < 4.78 is 7.21. The molecule has 136 valence electrons. The van der Waals surface area contributed by atoms with Gasteiger partial charge in [-0.25, -0.2) is 4.98 Å². The third-order valence-corrected chi connectivity index (χ3v) is 6.28. The van der Waals surface area contributed by atoms with E-state index in [1.165, 1.54) is 0 Å². The maximum Gasteiger partial charge on any atom is 0.220 e. The smallest absolute Gasteiger partial charge is 0.220 e. The van der Waals surface area contributed by atoms with Gasteiger partial charge in [0.25, 0.3) is 0 Å². The number of hydrogen-bond acceptors (Lipinski definition) is 5. The van der Waals surface area contributed by atoms with E-state index in [0.29, 0.717) is 24.1 Å². The third kappa shape index (κ3) is 4.66. The number of aryl methyl sites for hydroxylation is 3. The molecule has 6 nitrogen and oxygen atoms in total. The van der Waals surface area contributed by atoms with Gasteiger partial charge in [0.15, 0.2) is 5.16 Å². The molecule has 0 radical (unpaired) electrons. The first-order valence-electron chi connectivity index (χ1n) is 8.88. The number of aromatic nitrogens is 3. The summed E-state index contributed by atoms with van der Waals surface area (Å²) in [7, 11) is 2.03. The molecule has 1 N–H and O–H groups in total. The summed E-state index contributed by atoms with van der Waals surface area (Å²) in [5, 5.41) is 8.80. The monoisotopic (exact) mass is 362 g/mol. The Labute approximate surface area is 152 Å². The standard InChI is InChI=1S/C18H26N4O2S/c1-12-16(13(2)24-21-12)8-9-17(23)20-14-4-6-15(7-5-14)25-18-19-10-11-22(18)3/h10-11,14-15H,4-9H2,1-3H3,(H,20,23). The third-order valence-electron chi connectivity index (χ3n) is 4.87. The van der Waals surface area contributed by atoms with Gasteiger partial charge in [-0.15, -0.1) is 0 Å². The van der Waals surface area contributed by atoms with Crippen LogP contribution in [0.4, 0.5) is 0 Å². The first-order chi connectivity index (χ1) is 12.0. The lowest BCUT2D eigenvalue weighted by Gasteiger charge is -2.28. The topological polar surface area (TPSA) is 73.0 Å². The average molecular weight is 362 g/mol. The highest BCUT2D eigenvalue weighted by Gasteiger charge is 2.24. The quantitative estimate of drug-likeness (QED) is 0.854. The molecule has 1 fully saturated rings. The molecule has 0 aromatic carbocycles. The molecule has 1 aliphatic carbocycles. The number of carbonyl (C=O) groups excluding carboxylic acids is 1. The fraction of sp³-hybridized carbons (Fsp3) is 0.611. The molecule has 0 unspecified atom stereocenters. The largest absolute Gasteiger partial charge is 0.361 e. The fourth-order valence-corrected chi connectivity index (χ4v) is 4.49. The van der Waals surface area contributed by atoms with Crippen LogP contribution in [0.1, 0.15) is 49.1 Å². The summed E-state index contributed by atoms with van der Waals surface area (Å²) >= 11 is 1.85. The molecular weight excluding hydrogens is 336 g/mol. The molecule has 2 aromatic rings. The minimum atomic E-state index is 0.125. The van der Waals surface area contributed by atoms with Crippen molar-refractivity contribution in [2.24, 2.45) is 7.05 Å². The molecule has 0 spiro atoms. The van der Waals surface area contributed by atoms with Crippen molar-refractivity contribution in [1.82, 2.24) is 20.0 Å². The Morgan fingerprint density at radius 3 is 2.72 bits per heavy atom. The maximum atomic E-state index is 12.2. The van der Waals surface area contributed by atoms with Gasteiger partial charge < -0.3 is 14.4 Å². The lowest BCUT2D eigenvalue weighted by molar-refractivity contribution is -0.121. The minimum absolute atomic E-state index is 0.125. The lowest BCUT2D eigenvalue weighted by Crippen LogP contribution is -2.38. The molecule has 0 aliphatic heterocycles. The van der Waals surface area contributed by atoms with Crippen molar-refractivity contribution in [3.05, 3.63) is 29.4 Å². The summed E-state index contributed by atoms with van der Waals surface area (Å²) in [5.74, 6) is 0.942. The van der Waals surface area contributed by atoms with Crippen molar-refractivity contribution in [3.63, 3.8) is 0 Å². The van der Waals surface area contributed by atoms with E-state index in [1.54, 1.807) is 0 Å². The Morgan fingerprint density at radius 1 is 1.36 bits per heavy atom. The molecule has 0 bridgehead atoms. The zero-order valence-corrected chi connectivity index (χ0v) is 15.9. The summed E-state index contributed by atoms with van der Waals surface area (Å²) in [6.07, 6.45) is 9.32. The second-order valence-corrected chi connectivity index (χ2v) is 8.05. The number of nitrogens with one attached hydrogen (secondary N) is 1. The number of nitrogens with zero attached hydrogens (tertiary/aromatic N) is 3. The fourth-order valence-electron chi connectivity index (χ4n) is 3.34. The number of amides is 1. The number of rotatable bonds is 6. The molecule has 1 saturated carbocycles. The molecule has 2 aromatic heterocycles. The molecule has 0 atom stereocenters. The van der Waals surface area contributed by atoms with Gasteiger partial charge in [-0.3, -0.25) is 4.79 Å². The highest BCUT2D eigenvalue weighted by molar-refractivity contribution is 7.99. The van der Waals surface area contributed by atoms with E-state index in [2.05, 4.69) is 20.0 Å². The zero-order chi connectivity index (χ0) is 17.8. The van der Waals surface area contributed by atoms with E-state index in [4.69, 9.17) is 4.52 Å². The molecule has 1 amide bonds. The number of imidazole rings is 1. The Bertz CT molecular complexity index is 697. The summed E-state index contributed by atoms with van der Waals surface area (Å²) in [4.78, 5) is 16.6. The molecule has 25 heavy (non-hydrogen) atoms.